The lowest BCUT2D eigenvalue weighted by Gasteiger charge is -2.20. The molecule has 2 heterocycles. The van der Waals surface area contributed by atoms with Crippen LogP contribution in [0, 0.1) is 0 Å². The van der Waals surface area contributed by atoms with Gasteiger partial charge in [0.15, 0.2) is 5.13 Å². The first-order valence-electron chi connectivity index (χ1n) is 11.3. The maximum Gasteiger partial charge on any atom is 0.260 e. The molecule has 0 radical (unpaired) electrons. The van der Waals surface area contributed by atoms with Crippen molar-refractivity contribution < 1.29 is 14.3 Å². The Morgan fingerprint density at radius 2 is 1.71 bits per heavy atom. The first-order valence-corrected chi connectivity index (χ1v) is 12.1. The molecule has 5 rings (SSSR count). The maximum atomic E-state index is 13.7. The highest BCUT2D eigenvalue weighted by molar-refractivity contribution is 7.22. The number of hydrogen-bond acceptors (Lipinski definition) is 6. The molecule has 0 aliphatic carbocycles. The van der Waals surface area contributed by atoms with Crippen LogP contribution in [0.15, 0.2) is 97.3 Å². The number of ether oxygens (including phenoxy) is 2. The molecule has 1 amide bonds. The van der Waals surface area contributed by atoms with Crippen molar-refractivity contribution in [3.8, 4) is 17.2 Å². The molecule has 0 saturated carbocycles. The van der Waals surface area contributed by atoms with Crippen molar-refractivity contribution in [1.82, 2.24) is 9.97 Å². The second-order valence-electron chi connectivity index (χ2n) is 7.72. The number of fused-ring (bicyclic) bond motifs is 1. The van der Waals surface area contributed by atoms with Crippen molar-refractivity contribution >= 4 is 32.6 Å². The third-order valence-corrected chi connectivity index (χ3v) is 6.33. The Labute approximate surface area is 207 Å². The molecule has 0 aliphatic heterocycles. The van der Waals surface area contributed by atoms with Crippen molar-refractivity contribution in [1.29, 1.82) is 0 Å². The summed E-state index contributed by atoms with van der Waals surface area (Å²) >= 11 is 1.46. The Morgan fingerprint density at radius 3 is 2.46 bits per heavy atom. The van der Waals surface area contributed by atoms with Gasteiger partial charge in [-0.1, -0.05) is 41.7 Å². The molecule has 7 heteroatoms. The molecule has 0 atom stereocenters. The Kier molecular flexibility index (Phi) is 6.68. The van der Waals surface area contributed by atoms with Crippen LogP contribution < -0.4 is 14.4 Å². The van der Waals surface area contributed by atoms with Gasteiger partial charge in [-0.3, -0.25) is 14.7 Å². The average Bonchev–Trinajstić information content (AvgIpc) is 3.34. The van der Waals surface area contributed by atoms with E-state index >= 15 is 0 Å². The van der Waals surface area contributed by atoms with E-state index in [0.29, 0.717) is 35.3 Å². The van der Waals surface area contributed by atoms with Crippen LogP contribution in [0.5, 0.6) is 17.2 Å². The molecule has 174 valence electrons. The lowest BCUT2D eigenvalue weighted by atomic mass is 10.1. The van der Waals surface area contributed by atoms with Crippen LogP contribution in [-0.4, -0.2) is 22.5 Å². The van der Waals surface area contributed by atoms with Gasteiger partial charge in [-0.25, -0.2) is 4.98 Å². The fourth-order valence-corrected chi connectivity index (χ4v) is 4.63. The van der Waals surface area contributed by atoms with Gasteiger partial charge < -0.3 is 9.47 Å². The van der Waals surface area contributed by atoms with Crippen molar-refractivity contribution in [2.75, 3.05) is 11.5 Å². The minimum Gasteiger partial charge on any atom is -0.492 e. The van der Waals surface area contributed by atoms with E-state index in [0.717, 1.165) is 21.5 Å². The number of para-hydroxylation sites is 2. The Balaban J connectivity index is 1.47. The molecule has 0 fully saturated rings. The summed E-state index contributed by atoms with van der Waals surface area (Å²) in [5.41, 5.74) is 2.21. The predicted molar refractivity (Wildman–Crippen MR) is 138 cm³/mol. The number of thiazole rings is 1. The molecule has 3 aromatic carbocycles. The summed E-state index contributed by atoms with van der Waals surface area (Å²) in [6.07, 6.45) is 3.48. The summed E-state index contributed by atoms with van der Waals surface area (Å²) in [4.78, 5) is 24.4. The largest absolute Gasteiger partial charge is 0.492 e. The Bertz CT molecular complexity index is 1420. The molecule has 0 spiro atoms. The number of carbonyl (C=O) groups is 1. The fraction of sp³-hybridized carbons (Fsp3) is 0.107. The Morgan fingerprint density at radius 1 is 0.914 bits per heavy atom. The van der Waals surface area contributed by atoms with Gasteiger partial charge in [0.05, 0.1) is 17.9 Å². The summed E-state index contributed by atoms with van der Waals surface area (Å²) in [6.45, 7) is 2.83. The third kappa shape index (κ3) is 5.15. The fourth-order valence-electron chi connectivity index (χ4n) is 3.65. The minimum atomic E-state index is -0.155. The van der Waals surface area contributed by atoms with Crippen LogP contribution in [0.25, 0.3) is 10.2 Å². The second-order valence-corrected chi connectivity index (χ2v) is 8.73. The molecular formula is C28H23N3O3S. The van der Waals surface area contributed by atoms with E-state index in [1.807, 2.05) is 67.6 Å². The number of anilines is 1. The van der Waals surface area contributed by atoms with Crippen molar-refractivity contribution in [3.05, 3.63) is 108 Å². The van der Waals surface area contributed by atoms with E-state index in [1.165, 1.54) is 11.3 Å². The van der Waals surface area contributed by atoms with E-state index in [1.54, 1.807) is 41.6 Å². The standard InChI is InChI=1S/C28H23N3O3S/c1-2-33-24-11-6-12-25-26(24)30-28(35-25)31(19-20-8-7-17-29-18-20)27(32)21-13-15-23(16-14-21)34-22-9-4-3-5-10-22/h3-18H,2,19H2,1H3. The van der Waals surface area contributed by atoms with E-state index in [-0.39, 0.29) is 5.91 Å². The smallest absolute Gasteiger partial charge is 0.260 e. The molecule has 5 aromatic rings. The lowest BCUT2D eigenvalue weighted by Crippen LogP contribution is -2.30. The Hall–Kier alpha value is -4.23. The van der Waals surface area contributed by atoms with Crippen molar-refractivity contribution in [3.63, 3.8) is 0 Å². The quantitative estimate of drug-likeness (QED) is 0.246. The van der Waals surface area contributed by atoms with E-state index in [9.17, 15) is 4.79 Å². The van der Waals surface area contributed by atoms with Crippen molar-refractivity contribution in [2.24, 2.45) is 0 Å². The van der Waals surface area contributed by atoms with Gasteiger partial charge in [0.1, 0.15) is 22.8 Å². The summed E-state index contributed by atoms with van der Waals surface area (Å²) in [7, 11) is 0. The number of rotatable bonds is 8. The SMILES string of the molecule is CCOc1cccc2sc(N(Cc3cccnc3)C(=O)c3ccc(Oc4ccccc4)cc3)nc12. The first-order chi connectivity index (χ1) is 17.2. The molecule has 35 heavy (non-hydrogen) atoms. The highest BCUT2D eigenvalue weighted by Gasteiger charge is 2.23. The monoisotopic (exact) mass is 481 g/mol. The van der Waals surface area contributed by atoms with Crippen molar-refractivity contribution in [2.45, 2.75) is 13.5 Å². The summed E-state index contributed by atoms with van der Waals surface area (Å²) in [5.74, 6) is 1.96. The number of pyridine rings is 1. The van der Waals surface area contributed by atoms with Gasteiger partial charge in [-0.2, -0.15) is 0 Å². The van der Waals surface area contributed by atoms with Gasteiger partial charge in [0.2, 0.25) is 0 Å². The lowest BCUT2D eigenvalue weighted by molar-refractivity contribution is 0.0985. The van der Waals surface area contributed by atoms with Crippen LogP contribution >= 0.6 is 11.3 Å². The van der Waals surface area contributed by atoms with Gasteiger partial charge in [0, 0.05) is 18.0 Å². The highest BCUT2D eigenvalue weighted by Crippen LogP contribution is 2.35. The number of aromatic nitrogens is 2. The summed E-state index contributed by atoms with van der Waals surface area (Å²) in [6, 6.07) is 26.3. The third-order valence-electron chi connectivity index (χ3n) is 5.29. The van der Waals surface area contributed by atoms with E-state index < -0.39 is 0 Å². The predicted octanol–water partition coefficient (Wildman–Crippen LogP) is 6.73. The number of benzene rings is 3. The van der Waals surface area contributed by atoms with Crippen LogP contribution in [0.2, 0.25) is 0 Å². The normalized spacial score (nSPS) is 10.8. The zero-order chi connectivity index (χ0) is 24.0. The first kappa shape index (κ1) is 22.6. The maximum absolute atomic E-state index is 13.7. The molecular weight excluding hydrogens is 458 g/mol. The molecule has 0 aliphatic rings. The van der Waals surface area contributed by atoms with Gasteiger partial charge in [-0.05, 0) is 67.1 Å². The molecule has 0 saturated heterocycles. The summed E-state index contributed by atoms with van der Waals surface area (Å²) in [5, 5.41) is 0.602. The number of nitrogens with zero attached hydrogens (tertiary/aromatic N) is 3. The van der Waals surface area contributed by atoms with Crippen LogP contribution in [0.1, 0.15) is 22.8 Å². The molecule has 0 bridgehead atoms. The molecule has 0 unspecified atom stereocenters. The number of amides is 1. The zero-order valence-corrected chi connectivity index (χ0v) is 19.9. The molecule has 0 N–H and O–H groups in total. The topological polar surface area (TPSA) is 64.5 Å². The average molecular weight is 482 g/mol. The van der Waals surface area contributed by atoms with E-state index in [2.05, 4.69) is 4.98 Å². The highest BCUT2D eigenvalue weighted by atomic mass is 32.1. The van der Waals surface area contributed by atoms with Gasteiger partial charge in [0.25, 0.3) is 5.91 Å². The summed E-state index contributed by atoms with van der Waals surface area (Å²) < 4.78 is 12.6. The van der Waals surface area contributed by atoms with Crippen LogP contribution in [0.3, 0.4) is 0 Å². The van der Waals surface area contributed by atoms with Crippen LogP contribution in [0.4, 0.5) is 5.13 Å². The minimum absolute atomic E-state index is 0.155. The van der Waals surface area contributed by atoms with E-state index in [4.69, 9.17) is 14.5 Å². The van der Waals surface area contributed by atoms with Crippen LogP contribution in [-0.2, 0) is 6.54 Å². The second kappa shape index (κ2) is 10.4. The zero-order valence-electron chi connectivity index (χ0n) is 19.1. The van der Waals surface area contributed by atoms with Gasteiger partial charge >= 0.3 is 0 Å². The molecule has 2 aromatic heterocycles. The van der Waals surface area contributed by atoms with Gasteiger partial charge in [-0.15, -0.1) is 0 Å². The number of hydrogen-bond donors (Lipinski definition) is 0. The number of carbonyl (C=O) groups excluding carboxylic acids is 1. The molecule has 6 nitrogen and oxygen atoms in total.